The molecule has 0 atom stereocenters. The molecule has 0 radical (unpaired) electrons. The highest BCUT2D eigenvalue weighted by Crippen LogP contribution is 2.33. The fourth-order valence-corrected chi connectivity index (χ4v) is 1.89. The van der Waals surface area contributed by atoms with Crippen LogP contribution in [0, 0.1) is 5.82 Å². The minimum absolute atomic E-state index is 0.354. The first-order chi connectivity index (χ1) is 7.26. The second-order valence-corrected chi connectivity index (χ2v) is 3.84. The molecule has 2 nitrogen and oxygen atoms in total. The average molecular weight is 207 g/mol. The summed E-state index contributed by atoms with van der Waals surface area (Å²) < 4.78 is 12.9. The molecule has 0 aromatic heterocycles. The minimum atomic E-state index is -0.354. The van der Waals surface area contributed by atoms with Crippen LogP contribution in [0.5, 0.6) is 0 Å². The topological polar surface area (TPSA) is 20.3 Å². The summed E-state index contributed by atoms with van der Waals surface area (Å²) in [5.41, 5.74) is 1.31. The number of rotatable bonds is 4. The molecular formula is C12H14FNO. The van der Waals surface area contributed by atoms with Crippen LogP contribution >= 0.6 is 0 Å². The number of hydrogen-bond acceptors (Lipinski definition) is 2. The van der Waals surface area contributed by atoms with Crippen molar-refractivity contribution in [3.8, 4) is 0 Å². The van der Waals surface area contributed by atoms with E-state index in [0.29, 0.717) is 11.6 Å². The summed E-state index contributed by atoms with van der Waals surface area (Å²) >= 11 is 0. The molecule has 0 amide bonds. The predicted octanol–water partition coefficient (Wildman–Crippen LogP) is 2.63. The van der Waals surface area contributed by atoms with Crippen LogP contribution in [-0.4, -0.2) is 18.9 Å². The van der Waals surface area contributed by atoms with Crippen molar-refractivity contribution in [3.63, 3.8) is 0 Å². The molecule has 0 bridgehead atoms. The van der Waals surface area contributed by atoms with Crippen molar-refractivity contribution in [2.45, 2.75) is 25.8 Å². The van der Waals surface area contributed by atoms with Gasteiger partial charge in [-0.05, 0) is 38.0 Å². The van der Waals surface area contributed by atoms with Crippen LogP contribution in [0.1, 0.15) is 30.1 Å². The molecule has 3 heteroatoms. The Labute approximate surface area is 88.7 Å². The van der Waals surface area contributed by atoms with Gasteiger partial charge in [-0.1, -0.05) is 0 Å². The van der Waals surface area contributed by atoms with Crippen molar-refractivity contribution in [2.75, 3.05) is 11.4 Å². The van der Waals surface area contributed by atoms with Gasteiger partial charge < -0.3 is 4.90 Å². The van der Waals surface area contributed by atoms with Crippen LogP contribution in [0.15, 0.2) is 18.2 Å². The van der Waals surface area contributed by atoms with Gasteiger partial charge in [0.2, 0.25) is 0 Å². The van der Waals surface area contributed by atoms with Gasteiger partial charge in [0, 0.05) is 23.8 Å². The molecule has 2 rings (SSSR count). The van der Waals surface area contributed by atoms with Crippen LogP contribution in [-0.2, 0) is 0 Å². The van der Waals surface area contributed by atoms with Crippen LogP contribution < -0.4 is 4.90 Å². The van der Waals surface area contributed by atoms with Crippen LogP contribution in [0.2, 0.25) is 0 Å². The number of anilines is 1. The summed E-state index contributed by atoms with van der Waals surface area (Å²) in [6.45, 7) is 2.91. The lowest BCUT2D eigenvalue weighted by atomic mass is 10.1. The zero-order chi connectivity index (χ0) is 10.8. The van der Waals surface area contributed by atoms with Crippen molar-refractivity contribution < 1.29 is 9.18 Å². The number of aldehydes is 1. The molecule has 0 unspecified atom stereocenters. The molecule has 15 heavy (non-hydrogen) atoms. The normalized spacial score (nSPS) is 15.1. The number of hydrogen-bond donors (Lipinski definition) is 0. The van der Waals surface area contributed by atoms with Crippen LogP contribution in [0.3, 0.4) is 0 Å². The summed E-state index contributed by atoms with van der Waals surface area (Å²) in [5.74, 6) is -0.354. The van der Waals surface area contributed by atoms with Gasteiger partial charge in [0.1, 0.15) is 5.82 Å². The van der Waals surface area contributed by atoms with Gasteiger partial charge in [-0.3, -0.25) is 4.79 Å². The second kappa shape index (κ2) is 4.01. The quantitative estimate of drug-likeness (QED) is 0.707. The SMILES string of the molecule is CCN(c1ccc(F)cc1C=O)C1CC1. The maximum absolute atomic E-state index is 12.9. The van der Waals surface area contributed by atoms with Gasteiger partial charge in [0.05, 0.1) is 0 Å². The van der Waals surface area contributed by atoms with Crippen molar-refractivity contribution >= 4 is 12.0 Å². The fraction of sp³-hybridized carbons (Fsp3) is 0.417. The first-order valence-corrected chi connectivity index (χ1v) is 5.27. The molecule has 1 aromatic rings. The van der Waals surface area contributed by atoms with E-state index in [1.54, 1.807) is 6.07 Å². The number of halogens is 1. The molecule has 0 aliphatic heterocycles. The molecule has 0 saturated heterocycles. The maximum atomic E-state index is 12.9. The predicted molar refractivity (Wildman–Crippen MR) is 57.8 cm³/mol. The lowest BCUT2D eigenvalue weighted by Crippen LogP contribution is -2.26. The third kappa shape index (κ3) is 2.01. The van der Waals surface area contributed by atoms with Gasteiger partial charge >= 0.3 is 0 Å². The monoisotopic (exact) mass is 207 g/mol. The Morgan fingerprint density at radius 3 is 2.80 bits per heavy atom. The average Bonchev–Trinajstić information content (AvgIpc) is 3.05. The first-order valence-electron chi connectivity index (χ1n) is 5.27. The standard InChI is InChI=1S/C12H14FNO/c1-2-14(11-4-5-11)12-6-3-10(13)7-9(12)8-15/h3,6-8,11H,2,4-5H2,1H3. The smallest absolute Gasteiger partial charge is 0.152 e. The molecule has 1 saturated carbocycles. The number of benzene rings is 1. The number of nitrogens with zero attached hydrogens (tertiary/aromatic N) is 1. The molecule has 80 valence electrons. The van der Waals surface area contributed by atoms with E-state index in [9.17, 15) is 9.18 Å². The highest BCUT2D eigenvalue weighted by Gasteiger charge is 2.29. The van der Waals surface area contributed by atoms with Crippen molar-refractivity contribution in [1.29, 1.82) is 0 Å². The lowest BCUT2D eigenvalue weighted by molar-refractivity contribution is 0.112. The summed E-state index contributed by atoms with van der Waals surface area (Å²) in [6.07, 6.45) is 3.07. The van der Waals surface area contributed by atoms with E-state index < -0.39 is 0 Å². The van der Waals surface area contributed by atoms with Gasteiger partial charge in [0.15, 0.2) is 6.29 Å². The van der Waals surface area contributed by atoms with Crippen LogP contribution in [0.25, 0.3) is 0 Å². The van der Waals surface area contributed by atoms with Crippen LogP contribution in [0.4, 0.5) is 10.1 Å². The van der Waals surface area contributed by atoms with E-state index in [1.807, 2.05) is 0 Å². The molecule has 1 aliphatic carbocycles. The first kappa shape index (κ1) is 10.1. The summed E-state index contributed by atoms with van der Waals surface area (Å²) in [6, 6.07) is 4.95. The Morgan fingerprint density at radius 2 is 2.27 bits per heavy atom. The van der Waals surface area contributed by atoms with E-state index in [4.69, 9.17) is 0 Å². The van der Waals surface area contributed by atoms with E-state index in [0.717, 1.165) is 18.5 Å². The third-order valence-corrected chi connectivity index (χ3v) is 2.75. The van der Waals surface area contributed by atoms with E-state index in [2.05, 4.69) is 11.8 Å². The van der Waals surface area contributed by atoms with Crippen molar-refractivity contribution in [2.24, 2.45) is 0 Å². The Bertz CT molecular complexity index is 374. The number of carbonyl (C=O) groups is 1. The summed E-state index contributed by atoms with van der Waals surface area (Å²) in [5, 5.41) is 0. The minimum Gasteiger partial charge on any atom is -0.368 e. The molecule has 0 spiro atoms. The fourth-order valence-electron chi connectivity index (χ4n) is 1.89. The van der Waals surface area contributed by atoms with Gasteiger partial charge in [-0.2, -0.15) is 0 Å². The molecule has 1 aromatic carbocycles. The van der Waals surface area contributed by atoms with E-state index >= 15 is 0 Å². The van der Waals surface area contributed by atoms with Gasteiger partial charge in [0.25, 0.3) is 0 Å². The molecule has 0 N–H and O–H groups in total. The Morgan fingerprint density at radius 1 is 1.53 bits per heavy atom. The van der Waals surface area contributed by atoms with Gasteiger partial charge in [-0.15, -0.1) is 0 Å². The molecule has 1 aliphatic rings. The van der Waals surface area contributed by atoms with Crippen molar-refractivity contribution in [1.82, 2.24) is 0 Å². The zero-order valence-electron chi connectivity index (χ0n) is 8.74. The molecule has 0 heterocycles. The summed E-state index contributed by atoms with van der Waals surface area (Å²) in [4.78, 5) is 13.0. The Balaban J connectivity index is 2.36. The Kier molecular flexibility index (Phi) is 2.71. The van der Waals surface area contributed by atoms with E-state index in [-0.39, 0.29) is 5.82 Å². The highest BCUT2D eigenvalue weighted by molar-refractivity contribution is 5.84. The Hall–Kier alpha value is -1.38. The largest absolute Gasteiger partial charge is 0.368 e. The lowest BCUT2D eigenvalue weighted by Gasteiger charge is -2.24. The van der Waals surface area contributed by atoms with E-state index in [1.165, 1.54) is 25.0 Å². The maximum Gasteiger partial charge on any atom is 0.152 e. The molecular weight excluding hydrogens is 193 g/mol. The van der Waals surface area contributed by atoms with Crippen molar-refractivity contribution in [3.05, 3.63) is 29.6 Å². The van der Waals surface area contributed by atoms with Gasteiger partial charge in [-0.25, -0.2) is 4.39 Å². The highest BCUT2D eigenvalue weighted by atomic mass is 19.1. The molecule has 1 fully saturated rings. The summed E-state index contributed by atoms with van der Waals surface area (Å²) in [7, 11) is 0. The number of carbonyl (C=O) groups excluding carboxylic acids is 1. The zero-order valence-corrected chi connectivity index (χ0v) is 8.74. The third-order valence-electron chi connectivity index (χ3n) is 2.75. The second-order valence-electron chi connectivity index (χ2n) is 3.84.